The predicted molar refractivity (Wildman–Crippen MR) is 93.8 cm³/mol. The van der Waals surface area contributed by atoms with Crippen LogP contribution in [0.15, 0.2) is 30.6 Å². The number of benzene rings is 1. The van der Waals surface area contributed by atoms with Gasteiger partial charge in [-0.3, -0.25) is 14.5 Å². The first-order valence-electron chi connectivity index (χ1n) is 8.66. The van der Waals surface area contributed by atoms with Gasteiger partial charge >= 0.3 is 0 Å². The van der Waals surface area contributed by atoms with Crippen molar-refractivity contribution in [3.05, 3.63) is 41.7 Å². The van der Waals surface area contributed by atoms with Crippen LogP contribution >= 0.6 is 0 Å². The number of rotatable bonds is 7. The van der Waals surface area contributed by atoms with E-state index >= 15 is 0 Å². The summed E-state index contributed by atoms with van der Waals surface area (Å²) in [6.07, 6.45) is 1.62. The fourth-order valence-corrected chi connectivity index (χ4v) is 2.94. The van der Waals surface area contributed by atoms with Crippen molar-refractivity contribution in [2.45, 2.75) is 32.5 Å². The Morgan fingerprint density at radius 3 is 2.88 bits per heavy atom. The van der Waals surface area contributed by atoms with Crippen LogP contribution in [0.3, 0.4) is 0 Å². The third-order valence-electron chi connectivity index (χ3n) is 4.38. The monoisotopic (exact) mass is 357 g/mol. The van der Waals surface area contributed by atoms with Crippen molar-refractivity contribution in [3.8, 4) is 0 Å². The van der Waals surface area contributed by atoms with E-state index in [1.165, 1.54) is 16.6 Å². The average molecular weight is 357 g/mol. The van der Waals surface area contributed by atoms with Gasteiger partial charge in [-0.1, -0.05) is 29.8 Å². The predicted octanol–water partition coefficient (Wildman–Crippen LogP) is -0.512. The van der Waals surface area contributed by atoms with Crippen LogP contribution < -0.4 is 10.6 Å². The lowest BCUT2D eigenvalue weighted by atomic mass is 10.1. The molecule has 2 N–H and O–H groups in total. The van der Waals surface area contributed by atoms with Gasteiger partial charge in [-0.05, 0) is 22.9 Å². The van der Waals surface area contributed by atoms with Crippen molar-refractivity contribution in [2.75, 3.05) is 19.6 Å². The third-order valence-corrected chi connectivity index (χ3v) is 4.38. The molecule has 2 heterocycles. The molecule has 1 aliphatic heterocycles. The van der Waals surface area contributed by atoms with Crippen molar-refractivity contribution in [1.82, 2.24) is 35.7 Å². The molecule has 1 aliphatic rings. The number of carbonyl (C=O) groups excluding carboxylic acids is 2. The molecule has 0 radical (unpaired) electrons. The second kappa shape index (κ2) is 8.52. The van der Waals surface area contributed by atoms with Gasteiger partial charge in [0.1, 0.15) is 6.33 Å². The molecule has 0 bridgehead atoms. The molecule has 0 aliphatic carbocycles. The van der Waals surface area contributed by atoms with Crippen molar-refractivity contribution >= 4 is 11.8 Å². The fraction of sp³-hybridized carbons (Fsp3) is 0.471. The summed E-state index contributed by atoms with van der Waals surface area (Å²) in [5, 5.41) is 16.5. The molecule has 9 heteroatoms. The van der Waals surface area contributed by atoms with Crippen LogP contribution in [0.25, 0.3) is 0 Å². The van der Waals surface area contributed by atoms with E-state index in [1.807, 2.05) is 6.92 Å². The quantitative estimate of drug-likeness (QED) is 0.691. The molecule has 26 heavy (non-hydrogen) atoms. The van der Waals surface area contributed by atoms with E-state index in [9.17, 15) is 9.59 Å². The van der Waals surface area contributed by atoms with E-state index in [-0.39, 0.29) is 18.2 Å². The maximum Gasteiger partial charge on any atom is 0.237 e. The molecule has 0 unspecified atom stereocenters. The van der Waals surface area contributed by atoms with Crippen LogP contribution in [0.5, 0.6) is 0 Å². The Kier molecular flexibility index (Phi) is 5.90. The van der Waals surface area contributed by atoms with Crippen LogP contribution in [-0.4, -0.2) is 62.6 Å². The van der Waals surface area contributed by atoms with E-state index in [0.717, 1.165) is 12.1 Å². The number of carbonyl (C=O) groups is 2. The summed E-state index contributed by atoms with van der Waals surface area (Å²) in [7, 11) is 0. The van der Waals surface area contributed by atoms with Gasteiger partial charge in [0.15, 0.2) is 0 Å². The standard InChI is InChI=1S/C17H23N7O2/c1-13-2-4-14(5-3-13)11-23-8-6-19-17(26)15(23)10-16(25)18-7-9-24-12-20-21-22-24/h2-5,12,15H,6-11H2,1H3,(H,18,25)(H,19,26)/t15-/m1/s1. The van der Waals surface area contributed by atoms with E-state index in [4.69, 9.17) is 0 Å². The lowest BCUT2D eigenvalue weighted by Gasteiger charge is -2.34. The Morgan fingerprint density at radius 1 is 1.35 bits per heavy atom. The van der Waals surface area contributed by atoms with E-state index in [0.29, 0.717) is 26.2 Å². The Balaban J connectivity index is 1.54. The first-order valence-corrected chi connectivity index (χ1v) is 8.66. The number of nitrogens with zero attached hydrogens (tertiary/aromatic N) is 5. The Labute approximate surface area is 151 Å². The number of piperazine rings is 1. The fourth-order valence-electron chi connectivity index (χ4n) is 2.94. The number of tetrazole rings is 1. The van der Waals surface area contributed by atoms with Crippen LogP contribution in [0, 0.1) is 6.92 Å². The number of hydrogen-bond donors (Lipinski definition) is 2. The van der Waals surface area contributed by atoms with Gasteiger partial charge in [0.2, 0.25) is 11.8 Å². The van der Waals surface area contributed by atoms with Crippen molar-refractivity contribution in [3.63, 3.8) is 0 Å². The zero-order valence-electron chi connectivity index (χ0n) is 14.8. The lowest BCUT2D eigenvalue weighted by molar-refractivity contribution is -0.134. The lowest BCUT2D eigenvalue weighted by Crippen LogP contribution is -2.56. The third kappa shape index (κ3) is 4.85. The minimum atomic E-state index is -0.460. The van der Waals surface area contributed by atoms with Gasteiger partial charge in [0.25, 0.3) is 0 Å². The summed E-state index contributed by atoms with van der Waals surface area (Å²) in [6.45, 7) is 4.92. The highest BCUT2D eigenvalue weighted by molar-refractivity contribution is 5.88. The Bertz CT molecular complexity index is 730. The number of aromatic nitrogens is 4. The molecule has 1 fully saturated rings. The van der Waals surface area contributed by atoms with Gasteiger partial charge in [-0.25, -0.2) is 4.68 Å². The van der Waals surface area contributed by atoms with Gasteiger partial charge in [0, 0.05) is 26.2 Å². The summed E-state index contributed by atoms with van der Waals surface area (Å²) in [6, 6.07) is 7.77. The Morgan fingerprint density at radius 2 is 2.15 bits per heavy atom. The van der Waals surface area contributed by atoms with Crippen LogP contribution in [0.4, 0.5) is 0 Å². The molecule has 3 rings (SSSR count). The zero-order chi connectivity index (χ0) is 18.4. The maximum absolute atomic E-state index is 12.3. The van der Waals surface area contributed by atoms with Gasteiger partial charge in [0.05, 0.1) is 19.0 Å². The van der Waals surface area contributed by atoms with Gasteiger partial charge in [-0.15, -0.1) is 5.10 Å². The molecule has 0 spiro atoms. The highest BCUT2D eigenvalue weighted by Gasteiger charge is 2.31. The van der Waals surface area contributed by atoms with Crippen molar-refractivity contribution in [1.29, 1.82) is 0 Å². The summed E-state index contributed by atoms with van der Waals surface area (Å²) in [4.78, 5) is 26.6. The van der Waals surface area contributed by atoms with Crippen molar-refractivity contribution in [2.24, 2.45) is 0 Å². The summed E-state index contributed by atoms with van der Waals surface area (Å²) >= 11 is 0. The first-order chi connectivity index (χ1) is 12.6. The summed E-state index contributed by atoms with van der Waals surface area (Å²) in [5.41, 5.74) is 2.33. The zero-order valence-corrected chi connectivity index (χ0v) is 14.8. The molecular weight excluding hydrogens is 334 g/mol. The first kappa shape index (κ1) is 18.0. The molecule has 1 atom stereocenters. The molecule has 2 aromatic rings. The smallest absolute Gasteiger partial charge is 0.237 e. The molecule has 2 amide bonds. The van der Waals surface area contributed by atoms with E-state index < -0.39 is 6.04 Å². The highest BCUT2D eigenvalue weighted by Crippen LogP contribution is 2.14. The van der Waals surface area contributed by atoms with E-state index in [1.54, 1.807) is 0 Å². The number of nitrogens with one attached hydrogen (secondary N) is 2. The second-order valence-electron chi connectivity index (χ2n) is 6.39. The highest BCUT2D eigenvalue weighted by atomic mass is 16.2. The average Bonchev–Trinajstić information content (AvgIpc) is 3.13. The summed E-state index contributed by atoms with van der Waals surface area (Å²) in [5.74, 6) is -0.256. The van der Waals surface area contributed by atoms with Crippen LogP contribution in [-0.2, 0) is 22.7 Å². The molecule has 138 valence electrons. The second-order valence-corrected chi connectivity index (χ2v) is 6.39. The molecule has 0 saturated carbocycles. The normalized spacial score (nSPS) is 17.7. The van der Waals surface area contributed by atoms with Crippen LogP contribution in [0.2, 0.25) is 0 Å². The largest absolute Gasteiger partial charge is 0.354 e. The van der Waals surface area contributed by atoms with Gasteiger partial charge in [-0.2, -0.15) is 0 Å². The topological polar surface area (TPSA) is 105 Å². The maximum atomic E-state index is 12.3. The molecule has 1 saturated heterocycles. The van der Waals surface area contributed by atoms with Gasteiger partial charge < -0.3 is 10.6 Å². The summed E-state index contributed by atoms with van der Waals surface area (Å²) < 4.78 is 1.54. The Hall–Kier alpha value is -2.81. The number of amides is 2. The van der Waals surface area contributed by atoms with E-state index in [2.05, 4.69) is 55.3 Å². The SMILES string of the molecule is Cc1ccc(CN2CCNC(=O)[C@H]2CC(=O)NCCn2cnnn2)cc1. The number of hydrogen-bond acceptors (Lipinski definition) is 6. The molecule has 1 aromatic carbocycles. The minimum Gasteiger partial charge on any atom is -0.354 e. The molecule has 1 aromatic heterocycles. The molecular formula is C17H23N7O2. The van der Waals surface area contributed by atoms with Crippen LogP contribution in [0.1, 0.15) is 17.5 Å². The van der Waals surface area contributed by atoms with Crippen molar-refractivity contribution < 1.29 is 9.59 Å². The number of aryl methyl sites for hydroxylation is 1. The minimum absolute atomic E-state index is 0.0982. The molecule has 9 nitrogen and oxygen atoms in total.